The van der Waals surface area contributed by atoms with Crippen LogP contribution in [0, 0.1) is 0 Å². The average molecular weight is 276 g/mol. The lowest BCUT2D eigenvalue weighted by Gasteiger charge is -2.18. The second-order valence-electron chi connectivity index (χ2n) is 5.07. The van der Waals surface area contributed by atoms with Gasteiger partial charge in [0.15, 0.2) is 0 Å². The van der Waals surface area contributed by atoms with Gasteiger partial charge in [0.05, 0.1) is 0 Å². The van der Waals surface area contributed by atoms with E-state index < -0.39 is 0 Å². The number of hydrogen-bond donors (Lipinski definition) is 1. The molecule has 1 N–H and O–H groups in total. The highest BCUT2D eigenvalue weighted by Crippen LogP contribution is 2.17. The number of carbonyl (C=O) groups excluding carboxylic acids is 2. The molecule has 0 atom stereocenters. The van der Waals surface area contributed by atoms with Crippen LogP contribution >= 0.6 is 0 Å². The summed E-state index contributed by atoms with van der Waals surface area (Å²) in [4.78, 5) is 25.3. The largest absolute Gasteiger partial charge is 0.343 e. The van der Waals surface area contributed by atoms with E-state index in [1.807, 2.05) is 38.1 Å². The monoisotopic (exact) mass is 276 g/mol. The van der Waals surface area contributed by atoms with Gasteiger partial charge in [-0.25, -0.2) is 0 Å². The fourth-order valence-electron chi connectivity index (χ4n) is 1.98. The van der Waals surface area contributed by atoms with Crippen LogP contribution in [0.4, 0.5) is 5.69 Å². The van der Waals surface area contributed by atoms with E-state index in [0.717, 1.165) is 5.69 Å². The highest BCUT2D eigenvalue weighted by molar-refractivity contribution is 6.03. The van der Waals surface area contributed by atoms with Gasteiger partial charge in [0.25, 0.3) is 0 Å². The van der Waals surface area contributed by atoms with Gasteiger partial charge in [-0.05, 0) is 37.5 Å². The maximum atomic E-state index is 11.8. The van der Waals surface area contributed by atoms with Crippen LogP contribution in [0.5, 0.6) is 0 Å². The molecule has 4 heteroatoms. The van der Waals surface area contributed by atoms with E-state index >= 15 is 0 Å². The summed E-state index contributed by atoms with van der Waals surface area (Å²) in [5, 5.41) is 2.76. The molecule has 0 heterocycles. The molecule has 0 aliphatic carbocycles. The van der Waals surface area contributed by atoms with E-state index in [0.29, 0.717) is 19.0 Å². The Morgan fingerprint density at radius 3 is 2.10 bits per heavy atom. The highest BCUT2D eigenvalue weighted by atomic mass is 16.2. The number of hydrogen-bond acceptors (Lipinski definition) is 2. The van der Waals surface area contributed by atoms with Gasteiger partial charge in [-0.2, -0.15) is 0 Å². The van der Waals surface area contributed by atoms with Gasteiger partial charge in [-0.15, -0.1) is 0 Å². The molecule has 0 bridgehead atoms. The zero-order chi connectivity index (χ0) is 15.1. The van der Waals surface area contributed by atoms with Crippen molar-refractivity contribution >= 4 is 17.5 Å². The SMILES string of the molecule is CCN(CC)C(=O)CC(=O)Nc1ccc(C(C)C)cc1. The minimum absolute atomic E-state index is 0.104. The van der Waals surface area contributed by atoms with Crippen LogP contribution in [-0.2, 0) is 9.59 Å². The lowest BCUT2D eigenvalue weighted by atomic mass is 10.0. The summed E-state index contributed by atoms with van der Waals surface area (Å²) in [5.74, 6) is 0.0643. The number of rotatable bonds is 6. The summed E-state index contributed by atoms with van der Waals surface area (Å²) in [5.41, 5.74) is 1.95. The summed E-state index contributed by atoms with van der Waals surface area (Å²) in [6, 6.07) is 7.73. The van der Waals surface area contributed by atoms with Crippen LogP contribution in [0.1, 0.15) is 45.6 Å². The second-order valence-corrected chi connectivity index (χ2v) is 5.07. The van der Waals surface area contributed by atoms with Crippen LogP contribution in [0.15, 0.2) is 24.3 Å². The van der Waals surface area contributed by atoms with Crippen molar-refractivity contribution in [2.45, 2.75) is 40.0 Å². The summed E-state index contributed by atoms with van der Waals surface area (Å²) in [7, 11) is 0. The van der Waals surface area contributed by atoms with E-state index in [-0.39, 0.29) is 18.2 Å². The van der Waals surface area contributed by atoms with E-state index in [2.05, 4.69) is 19.2 Å². The van der Waals surface area contributed by atoms with Crippen molar-refractivity contribution in [1.29, 1.82) is 0 Å². The van der Waals surface area contributed by atoms with Gasteiger partial charge in [0, 0.05) is 18.8 Å². The van der Waals surface area contributed by atoms with Gasteiger partial charge in [0.1, 0.15) is 6.42 Å². The minimum atomic E-state index is -0.265. The molecule has 1 rings (SSSR count). The Balaban J connectivity index is 2.56. The first-order valence-corrected chi connectivity index (χ1v) is 7.15. The van der Waals surface area contributed by atoms with Crippen molar-refractivity contribution in [1.82, 2.24) is 4.90 Å². The van der Waals surface area contributed by atoms with Gasteiger partial charge >= 0.3 is 0 Å². The maximum Gasteiger partial charge on any atom is 0.233 e. The Labute approximate surface area is 121 Å². The van der Waals surface area contributed by atoms with Crippen molar-refractivity contribution in [3.63, 3.8) is 0 Å². The molecule has 4 nitrogen and oxygen atoms in total. The van der Waals surface area contributed by atoms with Gasteiger partial charge in [-0.1, -0.05) is 26.0 Å². The Morgan fingerprint density at radius 1 is 1.10 bits per heavy atom. The number of nitrogens with one attached hydrogen (secondary N) is 1. The molecule has 2 amide bonds. The Bertz CT molecular complexity index is 448. The predicted molar refractivity (Wildman–Crippen MR) is 81.7 cm³/mol. The maximum absolute atomic E-state index is 11.8. The van der Waals surface area contributed by atoms with Gasteiger partial charge in [-0.3, -0.25) is 9.59 Å². The molecule has 1 aromatic carbocycles. The Hall–Kier alpha value is -1.84. The molecular weight excluding hydrogens is 252 g/mol. The molecule has 0 spiro atoms. The predicted octanol–water partition coefficient (Wildman–Crippen LogP) is 3.01. The third-order valence-electron chi connectivity index (χ3n) is 3.29. The highest BCUT2D eigenvalue weighted by Gasteiger charge is 2.14. The smallest absolute Gasteiger partial charge is 0.233 e. The Kier molecular flexibility index (Phi) is 6.22. The van der Waals surface area contributed by atoms with Crippen LogP contribution in [0.3, 0.4) is 0 Å². The van der Waals surface area contributed by atoms with Crippen molar-refractivity contribution in [2.24, 2.45) is 0 Å². The standard InChI is InChI=1S/C16H24N2O2/c1-5-18(6-2)16(20)11-15(19)17-14-9-7-13(8-10-14)12(3)4/h7-10,12H,5-6,11H2,1-4H3,(H,17,19). The normalized spacial score (nSPS) is 10.4. The van der Waals surface area contributed by atoms with E-state index in [9.17, 15) is 9.59 Å². The number of carbonyl (C=O) groups is 2. The van der Waals surface area contributed by atoms with Crippen LogP contribution in [0.2, 0.25) is 0 Å². The third kappa shape index (κ3) is 4.68. The lowest BCUT2D eigenvalue weighted by Crippen LogP contribution is -2.33. The fraction of sp³-hybridized carbons (Fsp3) is 0.500. The molecule has 0 aliphatic rings. The van der Waals surface area contributed by atoms with Crippen LogP contribution < -0.4 is 5.32 Å². The molecule has 1 aromatic rings. The van der Waals surface area contributed by atoms with Crippen molar-refractivity contribution in [3.05, 3.63) is 29.8 Å². The fourth-order valence-corrected chi connectivity index (χ4v) is 1.98. The quantitative estimate of drug-likeness (QED) is 0.812. The Morgan fingerprint density at radius 2 is 1.65 bits per heavy atom. The number of anilines is 1. The zero-order valence-corrected chi connectivity index (χ0v) is 12.8. The van der Waals surface area contributed by atoms with Gasteiger partial charge < -0.3 is 10.2 Å². The first-order valence-electron chi connectivity index (χ1n) is 7.15. The molecule has 0 saturated carbocycles. The van der Waals surface area contributed by atoms with Crippen molar-refractivity contribution < 1.29 is 9.59 Å². The number of amides is 2. The van der Waals surface area contributed by atoms with Crippen molar-refractivity contribution in [2.75, 3.05) is 18.4 Å². The molecular formula is C16H24N2O2. The van der Waals surface area contributed by atoms with E-state index in [1.54, 1.807) is 4.90 Å². The van der Waals surface area contributed by atoms with Crippen LogP contribution in [0.25, 0.3) is 0 Å². The minimum Gasteiger partial charge on any atom is -0.343 e. The summed E-state index contributed by atoms with van der Waals surface area (Å²) in [6.07, 6.45) is -0.104. The lowest BCUT2D eigenvalue weighted by molar-refractivity contribution is -0.134. The molecule has 0 unspecified atom stereocenters. The first kappa shape index (κ1) is 16.2. The molecule has 0 aliphatic heterocycles. The molecule has 0 aromatic heterocycles. The average Bonchev–Trinajstić information content (AvgIpc) is 2.40. The first-order chi connectivity index (χ1) is 9.47. The summed E-state index contributed by atoms with van der Waals surface area (Å²) < 4.78 is 0. The molecule has 110 valence electrons. The number of benzene rings is 1. The molecule has 0 radical (unpaired) electrons. The summed E-state index contributed by atoms with van der Waals surface area (Å²) >= 11 is 0. The summed E-state index contributed by atoms with van der Waals surface area (Å²) in [6.45, 7) is 9.32. The van der Waals surface area contributed by atoms with E-state index in [1.165, 1.54) is 5.56 Å². The molecule has 20 heavy (non-hydrogen) atoms. The van der Waals surface area contributed by atoms with Crippen LogP contribution in [-0.4, -0.2) is 29.8 Å². The topological polar surface area (TPSA) is 49.4 Å². The number of nitrogens with zero attached hydrogens (tertiary/aromatic N) is 1. The van der Waals surface area contributed by atoms with Crippen molar-refractivity contribution in [3.8, 4) is 0 Å². The third-order valence-corrected chi connectivity index (χ3v) is 3.29. The zero-order valence-electron chi connectivity index (χ0n) is 12.8. The van der Waals surface area contributed by atoms with E-state index in [4.69, 9.17) is 0 Å². The molecule has 0 fully saturated rings. The molecule has 0 saturated heterocycles. The van der Waals surface area contributed by atoms with Gasteiger partial charge in [0.2, 0.25) is 11.8 Å². The second kappa shape index (κ2) is 7.68.